The molecule has 0 saturated heterocycles. The van der Waals surface area contributed by atoms with Gasteiger partial charge in [-0.1, -0.05) is 23.2 Å². The summed E-state index contributed by atoms with van der Waals surface area (Å²) in [5, 5.41) is 7.18. The van der Waals surface area contributed by atoms with E-state index in [1.54, 1.807) is 18.2 Å². The van der Waals surface area contributed by atoms with Crippen molar-refractivity contribution in [3.63, 3.8) is 0 Å². The van der Waals surface area contributed by atoms with Crippen LogP contribution >= 0.6 is 23.2 Å². The zero-order valence-corrected chi connectivity index (χ0v) is 13.0. The Balaban J connectivity index is 1.96. The predicted molar refractivity (Wildman–Crippen MR) is 85.7 cm³/mol. The quantitative estimate of drug-likeness (QED) is 0.777. The van der Waals surface area contributed by atoms with E-state index in [0.717, 1.165) is 12.1 Å². The minimum Gasteiger partial charge on any atom is -0.320 e. The van der Waals surface area contributed by atoms with E-state index in [-0.39, 0.29) is 10.6 Å². The Morgan fingerprint density at radius 3 is 2.70 bits per heavy atom. The number of carbonyl (C=O) groups excluding carboxylic acids is 1. The van der Waals surface area contributed by atoms with E-state index in [4.69, 9.17) is 23.2 Å². The van der Waals surface area contributed by atoms with Gasteiger partial charge in [0.15, 0.2) is 0 Å². The second-order valence-corrected chi connectivity index (χ2v) is 5.42. The third kappa shape index (κ3) is 3.33. The number of halogens is 3. The fraction of sp³-hybridized carbons (Fsp3) is 0. The molecule has 8 heteroatoms. The Bertz CT molecular complexity index is 868. The molecule has 5 nitrogen and oxygen atoms in total. The van der Waals surface area contributed by atoms with Crippen LogP contribution in [0.25, 0.3) is 5.69 Å². The van der Waals surface area contributed by atoms with Crippen molar-refractivity contribution in [3.8, 4) is 5.69 Å². The molecule has 23 heavy (non-hydrogen) atoms. The van der Waals surface area contributed by atoms with Crippen molar-refractivity contribution in [2.75, 3.05) is 5.32 Å². The van der Waals surface area contributed by atoms with Crippen molar-refractivity contribution in [1.29, 1.82) is 0 Å². The van der Waals surface area contributed by atoms with E-state index in [0.29, 0.717) is 16.4 Å². The highest BCUT2D eigenvalue weighted by Gasteiger charge is 2.14. The highest BCUT2D eigenvalue weighted by Crippen LogP contribution is 2.25. The SMILES string of the molecule is O=C(Nc1cc(Cl)ccc1-n1cncn1)c1ccc(F)cc1Cl. The number of benzene rings is 2. The molecular weight excluding hydrogens is 342 g/mol. The van der Waals surface area contributed by atoms with Gasteiger partial charge in [0, 0.05) is 5.02 Å². The summed E-state index contributed by atoms with van der Waals surface area (Å²) < 4.78 is 14.6. The lowest BCUT2D eigenvalue weighted by Crippen LogP contribution is -2.14. The van der Waals surface area contributed by atoms with Crippen LogP contribution in [0.15, 0.2) is 49.1 Å². The van der Waals surface area contributed by atoms with Crippen molar-refractivity contribution in [1.82, 2.24) is 14.8 Å². The standard InChI is InChI=1S/C15H9Cl2FN4O/c16-9-1-4-14(22-8-19-7-20-22)13(5-9)21-15(23)11-3-2-10(18)6-12(11)17/h1-8H,(H,21,23). The summed E-state index contributed by atoms with van der Waals surface area (Å²) in [7, 11) is 0. The summed E-state index contributed by atoms with van der Waals surface area (Å²) in [5.74, 6) is -1.00. The number of hydrogen-bond acceptors (Lipinski definition) is 3. The van der Waals surface area contributed by atoms with Gasteiger partial charge < -0.3 is 5.32 Å². The summed E-state index contributed by atoms with van der Waals surface area (Å²) in [4.78, 5) is 16.2. The van der Waals surface area contributed by atoms with Crippen molar-refractivity contribution < 1.29 is 9.18 Å². The second-order valence-electron chi connectivity index (χ2n) is 4.58. The molecule has 0 aliphatic heterocycles. The number of amides is 1. The average Bonchev–Trinajstić information content (AvgIpc) is 3.01. The first kappa shape index (κ1) is 15.5. The first-order valence-electron chi connectivity index (χ1n) is 6.45. The van der Waals surface area contributed by atoms with Crippen molar-refractivity contribution >= 4 is 34.8 Å². The second kappa shape index (κ2) is 6.36. The van der Waals surface area contributed by atoms with Crippen LogP contribution in [-0.2, 0) is 0 Å². The maximum Gasteiger partial charge on any atom is 0.257 e. The van der Waals surface area contributed by atoms with Gasteiger partial charge in [-0.05, 0) is 36.4 Å². The van der Waals surface area contributed by atoms with Crippen LogP contribution in [0.5, 0.6) is 0 Å². The molecule has 116 valence electrons. The number of aromatic nitrogens is 3. The molecule has 3 aromatic rings. The van der Waals surface area contributed by atoms with Crippen LogP contribution in [0, 0.1) is 5.82 Å². The molecule has 3 rings (SSSR count). The number of nitrogens with zero attached hydrogens (tertiary/aromatic N) is 3. The van der Waals surface area contributed by atoms with Gasteiger partial charge >= 0.3 is 0 Å². The van der Waals surface area contributed by atoms with Crippen molar-refractivity contribution in [3.05, 3.63) is 70.5 Å². The van der Waals surface area contributed by atoms with Gasteiger partial charge in [0.2, 0.25) is 0 Å². The van der Waals surface area contributed by atoms with Crippen molar-refractivity contribution in [2.24, 2.45) is 0 Å². The van der Waals surface area contributed by atoms with Crippen molar-refractivity contribution in [2.45, 2.75) is 0 Å². The molecule has 0 aliphatic rings. The topological polar surface area (TPSA) is 59.8 Å². The number of rotatable bonds is 3. The summed E-state index contributed by atoms with van der Waals surface area (Å²) in [5.41, 5.74) is 1.16. The van der Waals surface area contributed by atoms with Crippen LogP contribution in [0.4, 0.5) is 10.1 Å². The predicted octanol–water partition coefficient (Wildman–Crippen LogP) is 3.97. The van der Waals surface area contributed by atoms with E-state index in [1.165, 1.54) is 23.4 Å². The Morgan fingerprint density at radius 2 is 2.00 bits per heavy atom. The molecule has 1 aromatic heterocycles. The lowest BCUT2D eigenvalue weighted by molar-refractivity contribution is 0.102. The van der Waals surface area contributed by atoms with Gasteiger partial charge in [-0.3, -0.25) is 4.79 Å². The minimum absolute atomic E-state index is 0.0202. The van der Waals surface area contributed by atoms with E-state index >= 15 is 0 Å². The summed E-state index contributed by atoms with van der Waals surface area (Å²) >= 11 is 11.9. The van der Waals surface area contributed by atoms with E-state index < -0.39 is 11.7 Å². The third-order valence-corrected chi connectivity index (χ3v) is 3.60. The van der Waals surface area contributed by atoms with Crippen LogP contribution < -0.4 is 5.32 Å². The molecule has 0 aliphatic carbocycles. The molecule has 0 radical (unpaired) electrons. The van der Waals surface area contributed by atoms with Gasteiger partial charge in [0.05, 0.1) is 22.0 Å². The average molecular weight is 351 g/mol. The first-order chi connectivity index (χ1) is 11.0. The Labute approximate surface area is 140 Å². The lowest BCUT2D eigenvalue weighted by Gasteiger charge is -2.12. The molecular formula is C15H9Cl2FN4O. The zero-order valence-electron chi connectivity index (χ0n) is 11.5. The smallest absolute Gasteiger partial charge is 0.257 e. The first-order valence-corrected chi connectivity index (χ1v) is 7.21. The Morgan fingerprint density at radius 1 is 1.17 bits per heavy atom. The van der Waals surface area contributed by atoms with E-state index in [9.17, 15) is 9.18 Å². The Kier molecular flexibility index (Phi) is 4.27. The fourth-order valence-corrected chi connectivity index (χ4v) is 2.43. The number of carbonyl (C=O) groups is 1. The van der Waals surface area contributed by atoms with Gasteiger partial charge in [-0.15, -0.1) is 0 Å². The third-order valence-electron chi connectivity index (χ3n) is 3.05. The monoisotopic (exact) mass is 350 g/mol. The van der Waals surface area contributed by atoms with E-state index in [1.807, 2.05) is 0 Å². The lowest BCUT2D eigenvalue weighted by atomic mass is 10.2. The highest BCUT2D eigenvalue weighted by atomic mass is 35.5. The van der Waals surface area contributed by atoms with Gasteiger partial charge in [-0.2, -0.15) is 5.10 Å². The molecule has 1 heterocycles. The molecule has 2 aromatic carbocycles. The summed E-state index contributed by atoms with van der Waals surface area (Å²) in [6, 6.07) is 8.49. The number of nitrogens with one attached hydrogen (secondary N) is 1. The molecule has 0 bridgehead atoms. The fourth-order valence-electron chi connectivity index (χ4n) is 2.00. The molecule has 1 amide bonds. The maximum absolute atomic E-state index is 13.1. The highest BCUT2D eigenvalue weighted by molar-refractivity contribution is 6.34. The molecule has 0 spiro atoms. The van der Waals surface area contributed by atoms with Crippen LogP contribution in [0.2, 0.25) is 10.0 Å². The number of anilines is 1. The van der Waals surface area contributed by atoms with Crippen LogP contribution in [-0.4, -0.2) is 20.7 Å². The molecule has 0 saturated carbocycles. The molecule has 0 fully saturated rings. The normalized spacial score (nSPS) is 10.6. The molecule has 1 N–H and O–H groups in total. The van der Waals surface area contributed by atoms with Gasteiger partial charge in [0.25, 0.3) is 5.91 Å². The molecule has 0 unspecified atom stereocenters. The van der Waals surface area contributed by atoms with Crippen LogP contribution in [0.1, 0.15) is 10.4 Å². The van der Waals surface area contributed by atoms with Gasteiger partial charge in [0.1, 0.15) is 18.5 Å². The summed E-state index contributed by atoms with van der Waals surface area (Å²) in [6.45, 7) is 0. The number of hydrogen-bond donors (Lipinski definition) is 1. The van der Waals surface area contributed by atoms with E-state index in [2.05, 4.69) is 15.4 Å². The minimum atomic E-state index is -0.516. The maximum atomic E-state index is 13.1. The zero-order chi connectivity index (χ0) is 16.4. The molecule has 0 atom stereocenters. The largest absolute Gasteiger partial charge is 0.320 e. The van der Waals surface area contributed by atoms with Crippen LogP contribution in [0.3, 0.4) is 0 Å². The van der Waals surface area contributed by atoms with Gasteiger partial charge in [-0.25, -0.2) is 14.1 Å². The summed E-state index contributed by atoms with van der Waals surface area (Å²) in [6.07, 6.45) is 2.86. The Hall–Kier alpha value is -2.44.